The largest absolute Gasteiger partial charge is 0.433 e. The Bertz CT molecular complexity index is 898. The lowest BCUT2D eigenvalue weighted by molar-refractivity contribution is -0.141. The molecule has 24 heavy (non-hydrogen) atoms. The fraction of sp³-hybridized carbons (Fsp3) is 0.267. The zero-order valence-electron chi connectivity index (χ0n) is 12.4. The molecule has 124 valence electrons. The van der Waals surface area contributed by atoms with Gasteiger partial charge in [-0.2, -0.15) is 27.8 Å². The molecule has 0 aromatic carbocycles. The average molecular weight is 351 g/mol. The summed E-state index contributed by atoms with van der Waals surface area (Å²) >= 11 is 1.66. The number of halogens is 3. The average Bonchev–Trinajstić information content (AvgIpc) is 3.24. The zero-order chi connectivity index (χ0) is 16.7. The lowest BCUT2D eigenvalue weighted by Gasteiger charge is -2.28. The number of aromatic nitrogens is 4. The van der Waals surface area contributed by atoms with Gasteiger partial charge in [0.15, 0.2) is 5.69 Å². The summed E-state index contributed by atoms with van der Waals surface area (Å²) in [5.41, 5.74) is 0.271. The van der Waals surface area contributed by atoms with Crippen molar-refractivity contribution in [3.8, 4) is 0 Å². The summed E-state index contributed by atoms with van der Waals surface area (Å²) in [4.78, 5) is 10.4. The number of hydrogen-bond donors (Lipinski definition) is 0. The molecule has 1 aliphatic rings. The monoisotopic (exact) mass is 351 g/mol. The number of rotatable bonds is 2. The maximum atomic E-state index is 13.1. The van der Waals surface area contributed by atoms with Gasteiger partial charge in [-0.1, -0.05) is 12.1 Å². The Hall–Kier alpha value is -2.42. The molecule has 0 bridgehead atoms. The van der Waals surface area contributed by atoms with Gasteiger partial charge in [0.1, 0.15) is 12.1 Å². The number of hydrogen-bond acceptors (Lipinski definition) is 5. The molecule has 0 spiro atoms. The first-order chi connectivity index (χ1) is 11.5. The van der Waals surface area contributed by atoms with Gasteiger partial charge in [-0.3, -0.25) is 0 Å². The van der Waals surface area contributed by atoms with Crippen LogP contribution in [0, 0.1) is 0 Å². The van der Waals surface area contributed by atoms with Crippen molar-refractivity contribution in [2.45, 2.75) is 12.6 Å². The quantitative estimate of drug-likeness (QED) is 0.709. The summed E-state index contributed by atoms with van der Waals surface area (Å²) in [5.74, 6) is 0.305. The van der Waals surface area contributed by atoms with Crippen LogP contribution < -0.4 is 4.90 Å². The Balaban J connectivity index is 1.71. The third kappa shape index (κ3) is 2.64. The minimum absolute atomic E-state index is 0.0483. The summed E-state index contributed by atoms with van der Waals surface area (Å²) in [7, 11) is 0. The number of fused-ring (bicyclic) bond motifs is 1. The number of anilines is 1. The van der Waals surface area contributed by atoms with Gasteiger partial charge in [0.05, 0.1) is 0 Å². The Labute approximate surface area is 139 Å². The van der Waals surface area contributed by atoms with Gasteiger partial charge in [0.2, 0.25) is 0 Å². The first-order valence-corrected chi connectivity index (χ1v) is 8.16. The molecule has 0 N–H and O–H groups in total. The number of thiophene rings is 1. The zero-order valence-corrected chi connectivity index (χ0v) is 13.2. The Morgan fingerprint density at radius 3 is 2.79 bits per heavy atom. The Kier molecular flexibility index (Phi) is 3.52. The van der Waals surface area contributed by atoms with Crippen LogP contribution in [0.5, 0.6) is 0 Å². The van der Waals surface area contributed by atoms with E-state index in [-0.39, 0.29) is 5.78 Å². The van der Waals surface area contributed by atoms with Crippen LogP contribution in [0.2, 0.25) is 0 Å². The highest BCUT2D eigenvalue weighted by molar-refractivity contribution is 7.11. The third-order valence-corrected chi connectivity index (χ3v) is 4.84. The first kappa shape index (κ1) is 15.1. The molecule has 1 aliphatic heterocycles. The van der Waals surface area contributed by atoms with E-state index >= 15 is 0 Å². The molecule has 4 heterocycles. The maximum absolute atomic E-state index is 13.1. The van der Waals surface area contributed by atoms with E-state index in [1.165, 1.54) is 21.3 Å². The normalized spacial score (nSPS) is 15.8. The summed E-state index contributed by atoms with van der Waals surface area (Å²) < 4.78 is 40.6. The molecule has 5 nitrogen and oxygen atoms in total. The van der Waals surface area contributed by atoms with E-state index in [2.05, 4.69) is 21.1 Å². The molecule has 0 atom stereocenters. The second kappa shape index (κ2) is 5.59. The third-order valence-electron chi connectivity index (χ3n) is 3.89. The standard InChI is InChI=1S/C15H12F3N5S/c16-15(17,18)12-8-13(23-14(21-12)19-9-20-23)22-5-3-10(4-6-22)11-2-1-7-24-11/h1-3,7-9H,4-6H2. The SMILES string of the molecule is FC(F)(F)c1cc(N2CC=C(c3cccs3)CC2)n2ncnc2n1. The van der Waals surface area contributed by atoms with E-state index in [4.69, 9.17) is 0 Å². The summed E-state index contributed by atoms with van der Waals surface area (Å²) in [5, 5.41) is 6.02. The molecule has 9 heteroatoms. The predicted octanol–water partition coefficient (Wildman–Crippen LogP) is 3.50. The van der Waals surface area contributed by atoms with Crippen LogP contribution in [0.15, 0.2) is 36.0 Å². The van der Waals surface area contributed by atoms with E-state index in [9.17, 15) is 13.2 Å². The van der Waals surface area contributed by atoms with E-state index in [1.54, 1.807) is 11.3 Å². The second-order valence-electron chi connectivity index (χ2n) is 5.37. The van der Waals surface area contributed by atoms with Crippen LogP contribution in [0.25, 0.3) is 11.4 Å². The minimum atomic E-state index is -4.52. The van der Waals surface area contributed by atoms with Crippen LogP contribution in [-0.4, -0.2) is 32.7 Å². The van der Waals surface area contributed by atoms with Crippen molar-refractivity contribution < 1.29 is 13.2 Å². The fourth-order valence-corrected chi connectivity index (χ4v) is 3.53. The topological polar surface area (TPSA) is 46.3 Å². The predicted molar refractivity (Wildman–Crippen MR) is 84.9 cm³/mol. The molecular formula is C15H12F3N5S. The van der Waals surface area contributed by atoms with Gasteiger partial charge in [-0.15, -0.1) is 11.3 Å². The van der Waals surface area contributed by atoms with Gasteiger partial charge >= 0.3 is 6.18 Å². The number of nitrogens with zero attached hydrogens (tertiary/aromatic N) is 5. The molecule has 0 unspecified atom stereocenters. The highest BCUT2D eigenvalue weighted by atomic mass is 32.1. The van der Waals surface area contributed by atoms with Crippen molar-refractivity contribution >= 4 is 28.5 Å². The molecule has 0 fully saturated rings. The van der Waals surface area contributed by atoms with Crippen molar-refractivity contribution in [1.82, 2.24) is 19.6 Å². The lowest BCUT2D eigenvalue weighted by atomic mass is 10.1. The fourth-order valence-electron chi connectivity index (χ4n) is 2.73. The number of alkyl halides is 3. The van der Waals surface area contributed by atoms with Crippen molar-refractivity contribution in [3.05, 3.63) is 46.6 Å². The highest BCUT2D eigenvalue weighted by Crippen LogP contribution is 2.32. The van der Waals surface area contributed by atoms with Crippen LogP contribution >= 0.6 is 11.3 Å². The molecule has 0 aliphatic carbocycles. The smallest absolute Gasteiger partial charge is 0.352 e. The molecule has 3 aromatic rings. The van der Waals surface area contributed by atoms with Crippen molar-refractivity contribution in [2.24, 2.45) is 0 Å². The van der Waals surface area contributed by atoms with Crippen LogP contribution in [0.4, 0.5) is 19.0 Å². The molecular weight excluding hydrogens is 339 g/mol. The van der Waals surface area contributed by atoms with E-state index in [0.717, 1.165) is 12.5 Å². The summed E-state index contributed by atoms with van der Waals surface area (Å²) in [6.45, 7) is 1.13. The van der Waals surface area contributed by atoms with Gasteiger partial charge < -0.3 is 4.90 Å². The minimum Gasteiger partial charge on any atom is -0.352 e. The molecule has 0 amide bonds. The van der Waals surface area contributed by atoms with E-state index < -0.39 is 11.9 Å². The second-order valence-corrected chi connectivity index (χ2v) is 6.32. The van der Waals surface area contributed by atoms with Gasteiger partial charge in [-0.05, 0) is 23.4 Å². The van der Waals surface area contributed by atoms with Gasteiger partial charge in [0.25, 0.3) is 5.78 Å². The molecule has 4 rings (SSSR count). The Morgan fingerprint density at radius 2 is 2.12 bits per heavy atom. The van der Waals surface area contributed by atoms with Crippen LogP contribution in [0.1, 0.15) is 17.0 Å². The molecule has 0 saturated carbocycles. The van der Waals surface area contributed by atoms with E-state index in [0.29, 0.717) is 18.9 Å². The van der Waals surface area contributed by atoms with Crippen molar-refractivity contribution in [2.75, 3.05) is 18.0 Å². The van der Waals surface area contributed by atoms with Crippen molar-refractivity contribution in [1.29, 1.82) is 0 Å². The van der Waals surface area contributed by atoms with Gasteiger partial charge in [-0.25, -0.2) is 4.98 Å². The Morgan fingerprint density at radius 1 is 1.25 bits per heavy atom. The van der Waals surface area contributed by atoms with Crippen LogP contribution in [-0.2, 0) is 6.18 Å². The lowest BCUT2D eigenvalue weighted by Crippen LogP contribution is -2.30. The summed E-state index contributed by atoms with van der Waals surface area (Å²) in [6.07, 6.45) is -0.495. The highest BCUT2D eigenvalue weighted by Gasteiger charge is 2.34. The van der Waals surface area contributed by atoms with E-state index in [1.807, 2.05) is 22.4 Å². The van der Waals surface area contributed by atoms with Crippen LogP contribution in [0.3, 0.4) is 0 Å². The molecule has 0 saturated heterocycles. The molecule has 3 aromatic heterocycles. The van der Waals surface area contributed by atoms with Gasteiger partial charge in [0, 0.05) is 24.0 Å². The summed E-state index contributed by atoms with van der Waals surface area (Å²) in [6, 6.07) is 5.08. The maximum Gasteiger partial charge on any atom is 0.433 e. The first-order valence-electron chi connectivity index (χ1n) is 7.28. The van der Waals surface area contributed by atoms with Crippen molar-refractivity contribution in [3.63, 3.8) is 0 Å². The molecule has 0 radical (unpaired) electrons.